The van der Waals surface area contributed by atoms with Gasteiger partial charge in [0.2, 0.25) is 0 Å². The van der Waals surface area contributed by atoms with Crippen LogP contribution in [0.15, 0.2) is 46.9 Å². The van der Waals surface area contributed by atoms with Crippen molar-refractivity contribution in [2.45, 2.75) is 43.8 Å². The Labute approximate surface area is 133 Å². The van der Waals surface area contributed by atoms with Gasteiger partial charge in [-0.2, -0.15) is 0 Å². The van der Waals surface area contributed by atoms with Crippen molar-refractivity contribution in [2.75, 3.05) is 19.0 Å². The Hall–Kier alpha value is -1.17. The fourth-order valence-electron chi connectivity index (χ4n) is 2.27. The predicted molar refractivity (Wildman–Crippen MR) is 86.4 cm³/mol. The Kier molecular flexibility index (Phi) is 6.61. The molecule has 1 aromatic rings. The maximum absolute atomic E-state index is 12.2. The number of ether oxygens (including phenoxy) is 2. The first-order chi connectivity index (χ1) is 10.6. The van der Waals surface area contributed by atoms with Gasteiger partial charge in [-0.25, -0.2) is 8.42 Å². The topological polar surface area (TPSA) is 52.6 Å². The van der Waals surface area contributed by atoms with Gasteiger partial charge in [0, 0.05) is 6.61 Å². The summed E-state index contributed by atoms with van der Waals surface area (Å²) in [7, 11) is -3.24. The molecular weight excluding hydrogens is 300 g/mol. The molecule has 0 amide bonds. The van der Waals surface area contributed by atoms with E-state index in [-0.39, 0.29) is 12.0 Å². The van der Waals surface area contributed by atoms with Crippen molar-refractivity contribution in [2.24, 2.45) is 0 Å². The summed E-state index contributed by atoms with van der Waals surface area (Å²) in [5, 5.41) is 0. The normalized spacial score (nSPS) is 20.0. The third-order valence-corrected chi connectivity index (χ3v) is 5.29. The van der Waals surface area contributed by atoms with Crippen LogP contribution in [0.2, 0.25) is 0 Å². The summed E-state index contributed by atoms with van der Waals surface area (Å²) in [6, 6.07) is 8.54. The number of sulfone groups is 1. The van der Waals surface area contributed by atoms with Crippen LogP contribution in [0.4, 0.5) is 0 Å². The molecule has 0 radical (unpaired) electrons. The van der Waals surface area contributed by atoms with Gasteiger partial charge < -0.3 is 9.47 Å². The minimum atomic E-state index is -3.24. The first kappa shape index (κ1) is 17.2. The van der Waals surface area contributed by atoms with E-state index in [4.69, 9.17) is 9.47 Å². The molecule has 1 saturated heterocycles. The van der Waals surface area contributed by atoms with Gasteiger partial charge in [0.25, 0.3) is 0 Å². The van der Waals surface area contributed by atoms with Crippen LogP contribution in [0.1, 0.15) is 32.6 Å². The fourth-order valence-corrected chi connectivity index (χ4v) is 3.54. The molecule has 1 aromatic carbocycles. The van der Waals surface area contributed by atoms with Gasteiger partial charge in [-0.05, 0) is 44.7 Å². The highest BCUT2D eigenvalue weighted by Gasteiger charge is 2.14. The van der Waals surface area contributed by atoms with Crippen LogP contribution in [-0.2, 0) is 19.3 Å². The summed E-state index contributed by atoms with van der Waals surface area (Å²) in [6.45, 7) is 3.28. The largest absolute Gasteiger partial charge is 0.353 e. The molecule has 0 aliphatic carbocycles. The van der Waals surface area contributed by atoms with Crippen molar-refractivity contribution >= 4 is 9.84 Å². The average Bonchev–Trinajstić information content (AvgIpc) is 2.55. The van der Waals surface area contributed by atoms with E-state index in [1.54, 1.807) is 30.3 Å². The van der Waals surface area contributed by atoms with Crippen molar-refractivity contribution in [1.82, 2.24) is 0 Å². The zero-order chi connectivity index (χ0) is 15.8. The second-order valence-electron chi connectivity index (χ2n) is 5.56. The molecule has 4 nitrogen and oxygen atoms in total. The Morgan fingerprint density at radius 3 is 2.77 bits per heavy atom. The lowest BCUT2D eigenvalue weighted by Crippen LogP contribution is -2.22. The van der Waals surface area contributed by atoms with Crippen molar-refractivity contribution in [3.05, 3.63) is 42.0 Å². The summed E-state index contributed by atoms with van der Waals surface area (Å²) in [4.78, 5) is 0.367. The van der Waals surface area contributed by atoms with E-state index >= 15 is 0 Å². The second kappa shape index (κ2) is 8.46. The van der Waals surface area contributed by atoms with Crippen molar-refractivity contribution in [1.29, 1.82) is 0 Å². The molecule has 0 spiro atoms. The molecule has 0 N–H and O–H groups in total. The van der Waals surface area contributed by atoms with Crippen LogP contribution >= 0.6 is 0 Å². The van der Waals surface area contributed by atoms with Gasteiger partial charge in [0.05, 0.1) is 17.3 Å². The zero-order valence-corrected chi connectivity index (χ0v) is 13.8. The van der Waals surface area contributed by atoms with Crippen LogP contribution in [-0.4, -0.2) is 33.7 Å². The highest BCUT2D eigenvalue weighted by atomic mass is 32.2. The summed E-state index contributed by atoms with van der Waals surface area (Å²) in [5.74, 6) is 0.0305. The standard InChI is InChI=1S/C17H24O4S/c1-15(10-13-21-17-9-5-6-12-20-17)11-14-22(18,19)16-7-3-2-4-8-16/h2-4,7-8,11,17H,5-6,9-10,12-14H2,1H3/b15-11+. The SMILES string of the molecule is C/C(=C\CS(=O)(=O)c1ccccc1)CCOC1CCCCO1. The number of rotatable bonds is 7. The summed E-state index contributed by atoms with van der Waals surface area (Å²) < 4.78 is 35.5. The summed E-state index contributed by atoms with van der Waals surface area (Å²) in [6.07, 6.45) is 5.61. The molecule has 0 saturated carbocycles. The quantitative estimate of drug-likeness (QED) is 0.722. The lowest BCUT2D eigenvalue weighted by atomic mass is 10.2. The molecule has 2 rings (SSSR count). The maximum Gasteiger partial charge on any atom is 0.181 e. The van der Waals surface area contributed by atoms with E-state index < -0.39 is 9.84 Å². The van der Waals surface area contributed by atoms with Gasteiger partial charge >= 0.3 is 0 Å². The molecule has 5 heteroatoms. The number of hydrogen-bond acceptors (Lipinski definition) is 4. The van der Waals surface area contributed by atoms with Crippen LogP contribution in [0, 0.1) is 0 Å². The van der Waals surface area contributed by atoms with Gasteiger partial charge in [0.1, 0.15) is 0 Å². The molecule has 1 atom stereocenters. The summed E-state index contributed by atoms with van der Waals surface area (Å²) >= 11 is 0. The molecular formula is C17H24O4S. The Balaban J connectivity index is 1.77. The predicted octanol–water partition coefficient (Wildman–Crippen LogP) is 3.34. The smallest absolute Gasteiger partial charge is 0.181 e. The Morgan fingerprint density at radius 2 is 2.09 bits per heavy atom. The van der Waals surface area contributed by atoms with E-state index in [1.807, 2.05) is 13.0 Å². The monoisotopic (exact) mass is 324 g/mol. The van der Waals surface area contributed by atoms with E-state index in [1.165, 1.54) is 0 Å². The van der Waals surface area contributed by atoms with E-state index in [9.17, 15) is 8.42 Å². The van der Waals surface area contributed by atoms with Crippen molar-refractivity contribution in [3.8, 4) is 0 Å². The van der Waals surface area contributed by atoms with Crippen LogP contribution in [0.5, 0.6) is 0 Å². The number of hydrogen-bond donors (Lipinski definition) is 0. The van der Waals surface area contributed by atoms with Gasteiger partial charge in [-0.1, -0.05) is 29.8 Å². The maximum atomic E-state index is 12.2. The number of benzene rings is 1. The summed E-state index contributed by atoms with van der Waals surface area (Å²) in [5.41, 5.74) is 1.02. The molecule has 22 heavy (non-hydrogen) atoms. The molecule has 1 unspecified atom stereocenters. The minimum absolute atomic E-state index is 0.0305. The third-order valence-electron chi connectivity index (χ3n) is 3.69. The van der Waals surface area contributed by atoms with E-state index in [0.717, 1.165) is 37.9 Å². The first-order valence-corrected chi connectivity index (χ1v) is 9.40. The Bertz CT molecular complexity index is 572. The van der Waals surface area contributed by atoms with E-state index in [2.05, 4.69) is 0 Å². The first-order valence-electron chi connectivity index (χ1n) is 7.74. The Morgan fingerprint density at radius 1 is 1.32 bits per heavy atom. The zero-order valence-electron chi connectivity index (χ0n) is 13.0. The van der Waals surface area contributed by atoms with Crippen LogP contribution < -0.4 is 0 Å². The highest BCUT2D eigenvalue weighted by molar-refractivity contribution is 7.91. The fraction of sp³-hybridized carbons (Fsp3) is 0.529. The molecule has 1 heterocycles. The molecule has 0 bridgehead atoms. The van der Waals surface area contributed by atoms with Gasteiger partial charge in [0.15, 0.2) is 16.1 Å². The van der Waals surface area contributed by atoms with Gasteiger partial charge in [-0.3, -0.25) is 0 Å². The highest BCUT2D eigenvalue weighted by Crippen LogP contribution is 2.15. The minimum Gasteiger partial charge on any atom is -0.353 e. The van der Waals surface area contributed by atoms with E-state index in [0.29, 0.717) is 11.5 Å². The molecule has 1 aliphatic heterocycles. The third kappa shape index (κ3) is 5.55. The van der Waals surface area contributed by atoms with Crippen molar-refractivity contribution < 1.29 is 17.9 Å². The van der Waals surface area contributed by atoms with Gasteiger partial charge in [-0.15, -0.1) is 0 Å². The van der Waals surface area contributed by atoms with Crippen molar-refractivity contribution in [3.63, 3.8) is 0 Å². The van der Waals surface area contributed by atoms with Crippen LogP contribution in [0.25, 0.3) is 0 Å². The molecule has 122 valence electrons. The molecule has 0 aromatic heterocycles. The lowest BCUT2D eigenvalue weighted by molar-refractivity contribution is -0.161. The van der Waals surface area contributed by atoms with Crippen LogP contribution in [0.3, 0.4) is 0 Å². The molecule has 1 fully saturated rings. The lowest BCUT2D eigenvalue weighted by Gasteiger charge is -2.22. The average molecular weight is 324 g/mol. The second-order valence-corrected chi connectivity index (χ2v) is 7.60. The molecule has 1 aliphatic rings.